The van der Waals surface area contributed by atoms with Gasteiger partial charge in [-0.15, -0.1) is 0 Å². The molecule has 5 aliphatic rings. The van der Waals surface area contributed by atoms with Crippen molar-refractivity contribution < 1.29 is 9.59 Å². The summed E-state index contributed by atoms with van der Waals surface area (Å²) in [4.78, 5) is 41.7. The van der Waals surface area contributed by atoms with Crippen LogP contribution in [0, 0.1) is 0 Å². The number of carbonyl (C=O) groups is 2. The van der Waals surface area contributed by atoms with E-state index in [0.29, 0.717) is 24.9 Å². The molecule has 0 aromatic rings. The van der Waals surface area contributed by atoms with E-state index in [1.165, 1.54) is 51.9 Å². The van der Waals surface area contributed by atoms with Crippen molar-refractivity contribution in [3.63, 3.8) is 0 Å². The molecule has 228 valence electrons. The summed E-state index contributed by atoms with van der Waals surface area (Å²) in [6.45, 7) is 18.6. The molecule has 0 atom stereocenters. The Hall–Kier alpha value is -1.30. The van der Waals surface area contributed by atoms with Crippen LogP contribution in [0.2, 0.25) is 0 Å². The first-order valence-corrected chi connectivity index (χ1v) is 15.0. The Balaban J connectivity index is 0.000000212. The van der Waals surface area contributed by atoms with E-state index in [4.69, 9.17) is 0 Å². The summed E-state index contributed by atoms with van der Waals surface area (Å²) >= 11 is 0. The molecule has 5 saturated heterocycles. The minimum absolute atomic E-state index is 0. The first-order valence-electron chi connectivity index (χ1n) is 15.0. The predicted molar refractivity (Wildman–Crippen MR) is 161 cm³/mol. The lowest BCUT2D eigenvalue weighted by molar-refractivity contribution is -0.132. The molecular weight excluding hydrogens is 492 g/mol. The van der Waals surface area contributed by atoms with Gasteiger partial charge in [-0.05, 0) is 53.9 Å². The van der Waals surface area contributed by atoms with E-state index in [1.807, 2.05) is 9.80 Å². The monoisotopic (exact) mass is 552 g/mol. The van der Waals surface area contributed by atoms with E-state index in [2.05, 4.69) is 57.6 Å². The normalized spacial score (nSPS) is 24.4. The summed E-state index contributed by atoms with van der Waals surface area (Å²) in [5, 5.41) is 0. The first-order chi connectivity index (χ1) is 18.3. The molecule has 0 radical (unpaired) electrons. The second-order valence-electron chi connectivity index (χ2n) is 11.9. The van der Waals surface area contributed by atoms with Crippen molar-refractivity contribution in [2.45, 2.75) is 33.1 Å². The highest BCUT2D eigenvalue weighted by Gasteiger charge is 2.23. The highest BCUT2D eigenvalue weighted by Crippen LogP contribution is 2.10. The maximum atomic E-state index is 11.9. The molecule has 0 aromatic heterocycles. The first kappa shape index (κ1) is 33.9. The number of likely N-dealkylation sites (N-methyl/N-ethyl adjacent to an activating group) is 4. The van der Waals surface area contributed by atoms with Crippen molar-refractivity contribution in [3.8, 4) is 0 Å². The number of nitrogens with zero attached hydrogens (tertiary/aromatic N) is 8. The van der Waals surface area contributed by atoms with Gasteiger partial charge in [-0.2, -0.15) is 0 Å². The third-order valence-electron chi connectivity index (χ3n) is 8.55. The van der Waals surface area contributed by atoms with Crippen molar-refractivity contribution in [3.05, 3.63) is 0 Å². The van der Waals surface area contributed by atoms with E-state index >= 15 is 0 Å². The topological polar surface area (TPSA) is 60.1 Å². The highest BCUT2D eigenvalue weighted by atomic mass is 16.2. The largest absolute Gasteiger partial charge is 0.342 e. The van der Waals surface area contributed by atoms with Crippen LogP contribution in [0.5, 0.6) is 0 Å². The number of carbonyl (C=O) groups excluding carboxylic acids is 2. The maximum Gasteiger partial charge on any atom is 0.236 e. The molecular formula is C29H60N8O2. The maximum absolute atomic E-state index is 11.9. The summed E-state index contributed by atoms with van der Waals surface area (Å²) in [7, 11) is 8.62. The van der Waals surface area contributed by atoms with E-state index < -0.39 is 0 Å². The fourth-order valence-corrected chi connectivity index (χ4v) is 5.43. The summed E-state index contributed by atoms with van der Waals surface area (Å²) < 4.78 is 0. The highest BCUT2D eigenvalue weighted by molar-refractivity contribution is 5.78. The van der Waals surface area contributed by atoms with Crippen LogP contribution in [0.1, 0.15) is 33.1 Å². The van der Waals surface area contributed by atoms with E-state index in [1.54, 1.807) is 0 Å². The molecule has 0 bridgehead atoms. The molecule has 0 saturated carbocycles. The van der Waals surface area contributed by atoms with Gasteiger partial charge in [0.05, 0.1) is 13.1 Å². The Kier molecular flexibility index (Phi) is 15.8. The van der Waals surface area contributed by atoms with E-state index in [0.717, 1.165) is 78.5 Å². The molecule has 2 amide bonds. The van der Waals surface area contributed by atoms with E-state index in [-0.39, 0.29) is 7.43 Å². The number of likely N-dealkylation sites (tertiary alicyclic amines) is 2. The van der Waals surface area contributed by atoms with Crippen LogP contribution in [-0.4, -0.2) is 197 Å². The van der Waals surface area contributed by atoms with Crippen molar-refractivity contribution in [2.75, 3.05) is 146 Å². The Morgan fingerprint density at radius 3 is 0.897 bits per heavy atom. The average Bonchev–Trinajstić information content (AvgIpc) is 3.65. The number of rotatable bonds is 4. The molecule has 5 aliphatic heterocycles. The SMILES string of the molecule is C.CN1CCN(C)CC1.CN1CCN(CC(=O)N2CCCC2)CC1.CN1CCN(CC(=O)N2CCCC2)CC1. The molecule has 5 rings (SSSR count). The Morgan fingerprint density at radius 1 is 0.410 bits per heavy atom. The lowest BCUT2D eigenvalue weighted by Gasteiger charge is -2.32. The molecule has 0 N–H and O–H groups in total. The van der Waals surface area contributed by atoms with Gasteiger partial charge < -0.3 is 29.4 Å². The number of amides is 2. The summed E-state index contributed by atoms with van der Waals surface area (Å²) in [5.74, 6) is 0.661. The molecule has 10 heteroatoms. The van der Waals surface area contributed by atoms with Crippen LogP contribution in [0.15, 0.2) is 0 Å². The van der Waals surface area contributed by atoms with Gasteiger partial charge in [0.1, 0.15) is 0 Å². The fourth-order valence-electron chi connectivity index (χ4n) is 5.43. The lowest BCUT2D eigenvalue weighted by atomic mass is 10.3. The zero-order valence-electron chi connectivity index (χ0n) is 25.0. The van der Waals surface area contributed by atoms with Crippen molar-refractivity contribution in [1.29, 1.82) is 0 Å². The molecule has 0 aliphatic carbocycles. The minimum atomic E-state index is 0. The van der Waals surface area contributed by atoms with Crippen LogP contribution >= 0.6 is 0 Å². The Labute approximate surface area is 239 Å². The number of hydrogen-bond donors (Lipinski definition) is 0. The van der Waals surface area contributed by atoms with Crippen LogP contribution < -0.4 is 0 Å². The summed E-state index contributed by atoms with van der Waals surface area (Å²) in [6.07, 6.45) is 4.76. The molecule has 0 spiro atoms. The summed E-state index contributed by atoms with van der Waals surface area (Å²) in [5.41, 5.74) is 0. The molecule has 5 fully saturated rings. The van der Waals surface area contributed by atoms with Crippen molar-refractivity contribution in [2.24, 2.45) is 0 Å². The number of piperazine rings is 3. The minimum Gasteiger partial charge on any atom is -0.342 e. The third kappa shape index (κ3) is 12.8. The smallest absolute Gasteiger partial charge is 0.236 e. The quantitative estimate of drug-likeness (QED) is 0.491. The second-order valence-corrected chi connectivity index (χ2v) is 11.9. The van der Waals surface area contributed by atoms with Gasteiger partial charge in [0.2, 0.25) is 11.8 Å². The van der Waals surface area contributed by atoms with Gasteiger partial charge in [0, 0.05) is 105 Å². The van der Waals surface area contributed by atoms with Crippen LogP contribution in [0.4, 0.5) is 0 Å². The third-order valence-corrected chi connectivity index (χ3v) is 8.55. The lowest BCUT2D eigenvalue weighted by Crippen LogP contribution is -2.48. The van der Waals surface area contributed by atoms with Gasteiger partial charge in [0.25, 0.3) is 0 Å². The van der Waals surface area contributed by atoms with Crippen LogP contribution in [-0.2, 0) is 9.59 Å². The van der Waals surface area contributed by atoms with Crippen LogP contribution in [0.3, 0.4) is 0 Å². The van der Waals surface area contributed by atoms with Crippen molar-refractivity contribution in [1.82, 2.24) is 39.2 Å². The number of hydrogen-bond acceptors (Lipinski definition) is 8. The molecule has 39 heavy (non-hydrogen) atoms. The van der Waals surface area contributed by atoms with Gasteiger partial charge in [0.15, 0.2) is 0 Å². The van der Waals surface area contributed by atoms with Crippen LogP contribution in [0.25, 0.3) is 0 Å². The summed E-state index contributed by atoms with van der Waals surface area (Å²) in [6, 6.07) is 0. The Bertz CT molecular complexity index is 617. The van der Waals surface area contributed by atoms with Gasteiger partial charge in [-0.3, -0.25) is 19.4 Å². The zero-order chi connectivity index (χ0) is 27.3. The molecule has 0 aromatic carbocycles. The second kappa shape index (κ2) is 18.2. The Morgan fingerprint density at radius 2 is 0.641 bits per heavy atom. The molecule has 10 nitrogen and oxygen atoms in total. The van der Waals surface area contributed by atoms with Gasteiger partial charge in [-0.1, -0.05) is 7.43 Å². The standard InChI is InChI=1S/2C11H21N3O.C6H14N2.CH4/c2*1-12-6-8-13(9-7-12)10-11(15)14-4-2-3-5-14;1-7-3-5-8(2)6-4-7;/h2*2-10H2,1H3;3-6H2,1-2H3;1H4. The average molecular weight is 553 g/mol. The predicted octanol–water partition coefficient (Wildman–Crippen LogP) is 0.212. The fraction of sp³-hybridized carbons (Fsp3) is 0.931. The van der Waals surface area contributed by atoms with E-state index in [9.17, 15) is 9.59 Å². The molecule has 5 heterocycles. The molecule has 0 unspecified atom stereocenters. The van der Waals surface area contributed by atoms with Gasteiger partial charge >= 0.3 is 0 Å². The van der Waals surface area contributed by atoms with Crippen molar-refractivity contribution >= 4 is 11.8 Å². The zero-order valence-corrected chi connectivity index (χ0v) is 25.0. The van der Waals surface area contributed by atoms with Gasteiger partial charge in [-0.25, -0.2) is 0 Å².